The smallest absolute Gasteiger partial charge is 0.303 e. The Bertz CT molecular complexity index is 610. The van der Waals surface area contributed by atoms with Crippen LogP contribution in [0, 0.1) is 19.8 Å². The summed E-state index contributed by atoms with van der Waals surface area (Å²) in [4.78, 5) is 39.7. The number of H-pyrrole nitrogens is 1. The number of carbonyl (C=O) groups excluding carboxylic acids is 2. The first kappa shape index (κ1) is 16.3. The number of hydrogen-bond acceptors (Lipinski definition) is 3. The Morgan fingerprint density at radius 3 is 2.27 bits per heavy atom. The highest BCUT2D eigenvalue weighted by Gasteiger charge is 2.28. The summed E-state index contributed by atoms with van der Waals surface area (Å²) in [6, 6.07) is 0. The monoisotopic (exact) mass is 306 g/mol. The molecule has 1 aromatic heterocycles. The largest absolute Gasteiger partial charge is 0.481 e. The van der Waals surface area contributed by atoms with E-state index in [1.165, 1.54) is 6.92 Å². The zero-order chi connectivity index (χ0) is 16.4. The van der Waals surface area contributed by atoms with Gasteiger partial charge < -0.3 is 15.0 Å². The summed E-state index contributed by atoms with van der Waals surface area (Å²) in [6.07, 6.45) is 1.57. The van der Waals surface area contributed by atoms with E-state index in [1.54, 1.807) is 18.7 Å². The SMILES string of the molecule is CC(=O)c1c(C)[nH]c(C(=O)N2CCC(CC(=O)O)CC2)c1C. The van der Waals surface area contributed by atoms with Crippen LogP contribution in [0.5, 0.6) is 0 Å². The highest BCUT2D eigenvalue weighted by Crippen LogP contribution is 2.24. The number of Topliss-reactive ketones (excluding diaryl/α,β-unsaturated/α-hetero) is 1. The van der Waals surface area contributed by atoms with Gasteiger partial charge in [-0.05, 0) is 45.1 Å². The van der Waals surface area contributed by atoms with Gasteiger partial charge in [0.15, 0.2) is 5.78 Å². The van der Waals surface area contributed by atoms with Gasteiger partial charge in [-0.25, -0.2) is 0 Å². The minimum atomic E-state index is -0.785. The van der Waals surface area contributed by atoms with E-state index in [0.717, 1.165) is 0 Å². The Morgan fingerprint density at radius 1 is 1.23 bits per heavy atom. The quantitative estimate of drug-likeness (QED) is 0.834. The van der Waals surface area contributed by atoms with Crippen molar-refractivity contribution in [2.24, 2.45) is 5.92 Å². The molecule has 0 atom stereocenters. The number of amides is 1. The lowest BCUT2D eigenvalue weighted by Crippen LogP contribution is -2.39. The van der Waals surface area contributed by atoms with Gasteiger partial charge in [0, 0.05) is 30.8 Å². The molecule has 1 aromatic rings. The second kappa shape index (κ2) is 6.34. The molecule has 1 saturated heterocycles. The number of carboxylic acid groups (broad SMARTS) is 1. The van der Waals surface area contributed by atoms with Gasteiger partial charge in [-0.2, -0.15) is 0 Å². The molecule has 0 radical (unpaired) electrons. The maximum atomic E-state index is 12.6. The van der Waals surface area contributed by atoms with Crippen LogP contribution in [-0.4, -0.2) is 45.7 Å². The summed E-state index contributed by atoms with van der Waals surface area (Å²) >= 11 is 0. The third-order valence-corrected chi connectivity index (χ3v) is 4.37. The maximum Gasteiger partial charge on any atom is 0.303 e. The zero-order valence-corrected chi connectivity index (χ0v) is 13.2. The van der Waals surface area contributed by atoms with Crippen molar-refractivity contribution in [3.8, 4) is 0 Å². The fourth-order valence-electron chi connectivity index (χ4n) is 3.24. The summed E-state index contributed by atoms with van der Waals surface area (Å²) in [6.45, 7) is 6.19. The number of ketones is 1. The number of likely N-dealkylation sites (tertiary alicyclic amines) is 1. The molecule has 1 amide bonds. The maximum absolute atomic E-state index is 12.6. The van der Waals surface area contributed by atoms with Gasteiger partial charge in [0.2, 0.25) is 0 Å². The molecular formula is C16H22N2O4. The molecule has 2 heterocycles. The van der Waals surface area contributed by atoms with Crippen LogP contribution in [-0.2, 0) is 4.79 Å². The molecule has 0 aliphatic carbocycles. The van der Waals surface area contributed by atoms with Gasteiger partial charge in [0.1, 0.15) is 5.69 Å². The number of rotatable bonds is 4. The van der Waals surface area contributed by atoms with Crippen molar-refractivity contribution in [1.29, 1.82) is 0 Å². The molecule has 22 heavy (non-hydrogen) atoms. The normalized spacial score (nSPS) is 15.9. The van der Waals surface area contributed by atoms with E-state index in [2.05, 4.69) is 4.98 Å². The molecule has 1 aliphatic heterocycles. The third-order valence-electron chi connectivity index (χ3n) is 4.37. The molecule has 0 saturated carbocycles. The van der Waals surface area contributed by atoms with Crippen molar-refractivity contribution in [2.75, 3.05) is 13.1 Å². The summed E-state index contributed by atoms with van der Waals surface area (Å²) < 4.78 is 0. The van der Waals surface area contributed by atoms with Crippen molar-refractivity contribution < 1.29 is 19.5 Å². The number of aromatic nitrogens is 1. The number of nitrogens with one attached hydrogen (secondary N) is 1. The fourth-order valence-corrected chi connectivity index (χ4v) is 3.24. The third kappa shape index (κ3) is 3.21. The van der Waals surface area contributed by atoms with Gasteiger partial charge in [-0.3, -0.25) is 14.4 Å². The second-order valence-corrected chi connectivity index (χ2v) is 6.01. The predicted octanol–water partition coefficient (Wildman–Crippen LogP) is 2.16. The number of carboxylic acids is 1. The summed E-state index contributed by atoms with van der Waals surface area (Å²) in [5.41, 5.74) is 2.47. The first-order valence-corrected chi connectivity index (χ1v) is 7.52. The van der Waals surface area contributed by atoms with Gasteiger partial charge in [-0.15, -0.1) is 0 Å². The minimum absolute atomic E-state index is 0.0505. The van der Waals surface area contributed by atoms with Gasteiger partial charge in [-0.1, -0.05) is 0 Å². The fraction of sp³-hybridized carbons (Fsp3) is 0.562. The lowest BCUT2D eigenvalue weighted by molar-refractivity contribution is -0.138. The topological polar surface area (TPSA) is 90.5 Å². The molecular weight excluding hydrogens is 284 g/mol. The van der Waals surface area contributed by atoms with E-state index < -0.39 is 5.97 Å². The van der Waals surface area contributed by atoms with Crippen LogP contribution in [0.25, 0.3) is 0 Å². The van der Waals surface area contributed by atoms with E-state index in [-0.39, 0.29) is 24.0 Å². The average molecular weight is 306 g/mol. The molecule has 120 valence electrons. The van der Waals surface area contributed by atoms with Gasteiger partial charge in [0.05, 0.1) is 0 Å². The number of aryl methyl sites for hydroxylation is 1. The van der Waals surface area contributed by atoms with Crippen molar-refractivity contribution in [3.63, 3.8) is 0 Å². The number of aromatic amines is 1. The van der Waals surface area contributed by atoms with E-state index in [4.69, 9.17) is 5.11 Å². The van der Waals surface area contributed by atoms with E-state index in [1.807, 2.05) is 0 Å². The second-order valence-electron chi connectivity index (χ2n) is 6.01. The highest BCUT2D eigenvalue weighted by molar-refractivity contribution is 6.02. The molecule has 0 aromatic carbocycles. The molecule has 0 unspecified atom stereocenters. The van der Waals surface area contributed by atoms with Gasteiger partial charge >= 0.3 is 5.97 Å². The molecule has 6 nitrogen and oxygen atoms in total. The van der Waals surface area contributed by atoms with Crippen LogP contribution in [0.1, 0.15) is 58.3 Å². The van der Waals surface area contributed by atoms with Crippen LogP contribution < -0.4 is 0 Å². The minimum Gasteiger partial charge on any atom is -0.481 e. The Morgan fingerprint density at radius 2 is 1.82 bits per heavy atom. The predicted molar refractivity (Wildman–Crippen MR) is 81.2 cm³/mol. The lowest BCUT2D eigenvalue weighted by atomic mass is 9.93. The number of aliphatic carboxylic acids is 1. The van der Waals surface area contributed by atoms with Crippen LogP contribution in [0.4, 0.5) is 0 Å². The molecule has 2 N–H and O–H groups in total. The number of hydrogen-bond donors (Lipinski definition) is 2. The van der Waals surface area contributed by atoms with Crippen LogP contribution in [0.2, 0.25) is 0 Å². The van der Waals surface area contributed by atoms with Crippen molar-refractivity contribution in [2.45, 2.75) is 40.0 Å². The average Bonchev–Trinajstić information content (AvgIpc) is 2.73. The Labute approximate surface area is 129 Å². The van der Waals surface area contributed by atoms with E-state index in [9.17, 15) is 14.4 Å². The zero-order valence-electron chi connectivity index (χ0n) is 13.2. The molecule has 2 rings (SSSR count). The Balaban J connectivity index is 2.09. The summed E-state index contributed by atoms with van der Waals surface area (Å²) in [5.74, 6) is -0.806. The molecule has 0 bridgehead atoms. The number of carbonyl (C=O) groups is 3. The summed E-state index contributed by atoms with van der Waals surface area (Å²) in [5, 5.41) is 8.82. The van der Waals surface area contributed by atoms with E-state index >= 15 is 0 Å². The van der Waals surface area contributed by atoms with Crippen LogP contribution in [0.15, 0.2) is 0 Å². The van der Waals surface area contributed by atoms with Gasteiger partial charge in [0.25, 0.3) is 5.91 Å². The molecule has 6 heteroatoms. The Kier molecular flexibility index (Phi) is 4.68. The van der Waals surface area contributed by atoms with Crippen LogP contribution >= 0.6 is 0 Å². The van der Waals surface area contributed by atoms with Crippen LogP contribution in [0.3, 0.4) is 0 Å². The highest BCUT2D eigenvalue weighted by atomic mass is 16.4. The lowest BCUT2D eigenvalue weighted by Gasteiger charge is -2.31. The molecule has 1 fully saturated rings. The van der Waals surface area contributed by atoms with Crippen molar-refractivity contribution in [3.05, 3.63) is 22.5 Å². The Hall–Kier alpha value is -2.11. The first-order chi connectivity index (χ1) is 10.3. The summed E-state index contributed by atoms with van der Waals surface area (Å²) in [7, 11) is 0. The molecule has 0 spiro atoms. The standard InChI is InChI=1S/C16H22N2O4/c1-9-14(11(3)19)10(2)17-15(9)16(22)18-6-4-12(5-7-18)8-13(20)21/h12,17H,4-8H2,1-3H3,(H,20,21). The first-order valence-electron chi connectivity index (χ1n) is 7.52. The number of nitrogens with zero attached hydrogens (tertiary/aromatic N) is 1. The van der Waals surface area contributed by atoms with E-state index in [0.29, 0.717) is 48.4 Å². The molecule has 1 aliphatic rings. The van der Waals surface area contributed by atoms with Crippen molar-refractivity contribution in [1.82, 2.24) is 9.88 Å². The number of piperidine rings is 1. The van der Waals surface area contributed by atoms with Crippen molar-refractivity contribution >= 4 is 17.7 Å².